The summed E-state index contributed by atoms with van der Waals surface area (Å²) in [4.78, 5) is 5.19. The van der Waals surface area contributed by atoms with Crippen LogP contribution >= 0.6 is 11.5 Å². The Balaban J connectivity index is 2.12. The summed E-state index contributed by atoms with van der Waals surface area (Å²) >= 11 is 0.779. The fraction of sp³-hybridized carbons (Fsp3) is 0.714. The van der Waals surface area contributed by atoms with Gasteiger partial charge in [-0.3, -0.25) is 0 Å². The minimum atomic E-state index is -4.45. The van der Waals surface area contributed by atoms with Crippen LogP contribution in [0.5, 0.6) is 0 Å². The maximum atomic E-state index is 12.2. The van der Waals surface area contributed by atoms with Gasteiger partial charge in [0.2, 0.25) is 11.0 Å². The van der Waals surface area contributed by atoms with Crippen molar-refractivity contribution in [1.82, 2.24) is 14.7 Å². The largest absolute Gasteiger partial charge is 0.452 e. The van der Waals surface area contributed by atoms with E-state index in [1.54, 1.807) is 11.9 Å². The number of halogens is 3. The summed E-state index contributed by atoms with van der Waals surface area (Å²) in [5, 5.41) is 3.36. The molecule has 1 aliphatic heterocycles. The van der Waals surface area contributed by atoms with E-state index in [-0.39, 0.29) is 6.04 Å². The zero-order valence-electron chi connectivity index (χ0n) is 7.88. The second-order valence-corrected chi connectivity index (χ2v) is 4.05. The van der Waals surface area contributed by atoms with Crippen LogP contribution in [0.3, 0.4) is 0 Å². The van der Waals surface area contributed by atoms with Gasteiger partial charge >= 0.3 is 6.18 Å². The average Bonchev–Trinajstić information content (AvgIpc) is 2.46. The summed E-state index contributed by atoms with van der Waals surface area (Å²) in [6, 6.07) is 0.221. The predicted octanol–water partition coefficient (Wildman–Crippen LogP) is 0.965. The van der Waals surface area contributed by atoms with Gasteiger partial charge in [0.25, 0.3) is 0 Å². The summed E-state index contributed by atoms with van der Waals surface area (Å²) in [7, 11) is 1.73. The first-order valence-electron chi connectivity index (χ1n) is 4.33. The van der Waals surface area contributed by atoms with Crippen LogP contribution in [0.4, 0.5) is 18.3 Å². The lowest BCUT2D eigenvalue weighted by Gasteiger charge is -2.35. The van der Waals surface area contributed by atoms with Crippen molar-refractivity contribution < 1.29 is 13.2 Å². The number of likely N-dealkylation sites (N-methyl/N-ethyl adjacent to an activating group) is 1. The first-order valence-corrected chi connectivity index (χ1v) is 5.10. The Kier molecular flexibility index (Phi) is 2.55. The first-order chi connectivity index (χ1) is 6.98. The summed E-state index contributed by atoms with van der Waals surface area (Å²) in [6.07, 6.45) is -4.45. The smallest absolute Gasteiger partial charge is 0.344 e. The van der Waals surface area contributed by atoms with E-state index in [0.717, 1.165) is 24.6 Å². The molecule has 2 rings (SSSR count). The van der Waals surface area contributed by atoms with Crippen LogP contribution < -0.4 is 10.2 Å². The Morgan fingerprint density at radius 2 is 2.13 bits per heavy atom. The van der Waals surface area contributed by atoms with E-state index in [2.05, 4.69) is 14.7 Å². The van der Waals surface area contributed by atoms with Crippen molar-refractivity contribution in [2.45, 2.75) is 12.2 Å². The molecule has 0 saturated carbocycles. The highest BCUT2D eigenvalue weighted by Crippen LogP contribution is 2.30. The monoisotopic (exact) mass is 238 g/mol. The van der Waals surface area contributed by atoms with Gasteiger partial charge in [0.05, 0.1) is 6.04 Å². The molecule has 1 fully saturated rings. The van der Waals surface area contributed by atoms with E-state index in [9.17, 15) is 13.2 Å². The van der Waals surface area contributed by atoms with E-state index in [4.69, 9.17) is 0 Å². The van der Waals surface area contributed by atoms with Gasteiger partial charge < -0.3 is 10.2 Å². The molecule has 0 aromatic carbocycles. The maximum Gasteiger partial charge on any atom is 0.452 e. The molecule has 0 atom stereocenters. The van der Waals surface area contributed by atoms with E-state index in [0.29, 0.717) is 5.13 Å². The Morgan fingerprint density at radius 1 is 1.47 bits per heavy atom. The fourth-order valence-corrected chi connectivity index (χ4v) is 1.89. The number of hydrogen-bond acceptors (Lipinski definition) is 5. The lowest BCUT2D eigenvalue weighted by atomic mass is 10.2. The molecule has 1 saturated heterocycles. The molecule has 0 bridgehead atoms. The Bertz CT molecular complexity index is 346. The third kappa shape index (κ3) is 2.05. The molecule has 1 aliphatic rings. The standard InChI is InChI=1S/C7H9F3N4S/c1-14(4-2-11-3-4)6-12-5(13-15-6)7(8,9)10/h4,11H,2-3H2,1H3. The van der Waals surface area contributed by atoms with E-state index < -0.39 is 12.0 Å². The predicted molar refractivity (Wildman–Crippen MR) is 50.0 cm³/mol. The van der Waals surface area contributed by atoms with Crippen molar-refractivity contribution in [3.05, 3.63) is 5.82 Å². The van der Waals surface area contributed by atoms with Crippen molar-refractivity contribution in [3.63, 3.8) is 0 Å². The van der Waals surface area contributed by atoms with Gasteiger partial charge in [0.1, 0.15) is 0 Å². The lowest BCUT2D eigenvalue weighted by molar-refractivity contribution is -0.144. The average molecular weight is 238 g/mol. The minimum absolute atomic E-state index is 0.221. The molecule has 84 valence electrons. The number of rotatable bonds is 2. The molecule has 2 heterocycles. The van der Waals surface area contributed by atoms with Gasteiger partial charge in [-0.2, -0.15) is 22.5 Å². The van der Waals surface area contributed by atoms with E-state index >= 15 is 0 Å². The number of anilines is 1. The van der Waals surface area contributed by atoms with Crippen molar-refractivity contribution >= 4 is 16.7 Å². The van der Waals surface area contributed by atoms with Gasteiger partial charge in [-0.15, -0.1) is 0 Å². The molecular formula is C7H9F3N4S. The molecule has 0 aliphatic carbocycles. The van der Waals surface area contributed by atoms with Crippen molar-refractivity contribution in [1.29, 1.82) is 0 Å². The first kappa shape index (κ1) is 10.6. The highest BCUT2D eigenvalue weighted by Gasteiger charge is 2.37. The third-order valence-corrected chi connectivity index (χ3v) is 3.09. The van der Waals surface area contributed by atoms with Gasteiger partial charge in [-0.1, -0.05) is 0 Å². The second kappa shape index (κ2) is 3.60. The number of nitrogens with one attached hydrogen (secondary N) is 1. The van der Waals surface area contributed by atoms with Crippen LogP contribution in [0, 0.1) is 0 Å². The molecule has 0 amide bonds. The molecular weight excluding hydrogens is 229 g/mol. The third-order valence-electron chi connectivity index (χ3n) is 2.28. The Labute approximate surface area is 88.3 Å². The van der Waals surface area contributed by atoms with E-state index in [1.807, 2.05) is 0 Å². The zero-order chi connectivity index (χ0) is 11.1. The summed E-state index contributed by atoms with van der Waals surface area (Å²) in [5.41, 5.74) is 0. The fourth-order valence-electron chi connectivity index (χ4n) is 1.18. The molecule has 15 heavy (non-hydrogen) atoms. The SMILES string of the molecule is CN(c1nc(C(F)(F)F)ns1)C1CNC1. The normalized spacial score (nSPS) is 17.6. The second-order valence-electron chi connectivity index (χ2n) is 3.32. The number of alkyl halides is 3. The zero-order valence-corrected chi connectivity index (χ0v) is 8.69. The Morgan fingerprint density at radius 3 is 2.53 bits per heavy atom. The van der Waals surface area contributed by atoms with Crippen LogP contribution in [-0.4, -0.2) is 35.5 Å². The molecule has 0 radical (unpaired) electrons. The van der Waals surface area contributed by atoms with Crippen LogP contribution in [0.15, 0.2) is 0 Å². The molecule has 1 aromatic heterocycles. The van der Waals surface area contributed by atoms with Crippen molar-refractivity contribution in [2.24, 2.45) is 0 Å². The highest BCUT2D eigenvalue weighted by molar-refractivity contribution is 7.09. The van der Waals surface area contributed by atoms with Gasteiger partial charge in [-0.25, -0.2) is 0 Å². The van der Waals surface area contributed by atoms with Crippen molar-refractivity contribution in [3.8, 4) is 0 Å². The quantitative estimate of drug-likeness (QED) is 0.833. The minimum Gasteiger partial charge on any atom is -0.344 e. The molecule has 4 nitrogen and oxygen atoms in total. The lowest BCUT2D eigenvalue weighted by Crippen LogP contribution is -2.56. The van der Waals surface area contributed by atoms with Gasteiger partial charge in [-0.05, 0) is 0 Å². The molecule has 0 unspecified atom stereocenters. The molecule has 1 aromatic rings. The van der Waals surface area contributed by atoms with Gasteiger partial charge in [0, 0.05) is 31.7 Å². The maximum absolute atomic E-state index is 12.2. The molecule has 1 N–H and O–H groups in total. The van der Waals surface area contributed by atoms with Crippen LogP contribution in [0.2, 0.25) is 0 Å². The van der Waals surface area contributed by atoms with Crippen LogP contribution in [0.25, 0.3) is 0 Å². The molecule has 8 heteroatoms. The number of hydrogen-bond donors (Lipinski definition) is 1. The van der Waals surface area contributed by atoms with Crippen LogP contribution in [0.1, 0.15) is 5.82 Å². The topological polar surface area (TPSA) is 41.1 Å². The Hall–Kier alpha value is -0.890. The van der Waals surface area contributed by atoms with Crippen LogP contribution in [-0.2, 0) is 6.18 Å². The summed E-state index contributed by atoms with van der Waals surface area (Å²) in [5.74, 6) is -1.05. The van der Waals surface area contributed by atoms with Crippen molar-refractivity contribution in [2.75, 3.05) is 25.0 Å². The van der Waals surface area contributed by atoms with E-state index in [1.165, 1.54) is 0 Å². The summed E-state index contributed by atoms with van der Waals surface area (Å²) < 4.78 is 39.9. The van der Waals surface area contributed by atoms with Gasteiger partial charge in [0.15, 0.2) is 0 Å². The summed E-state index contributed by atoms with van der Waals surface area (Å²) in [6.45, 7) is 1.55. The highest BCUT2D eigenvalue weighted by atomic mass is 32.1. The molecule has 0 spiro atoms. The number of aromatic nitrogens is 2. The number of nitrogens with zero attached hydrogens (tertiary/aromatic N) is 3.